The number of pyridine rings is 1. The van der Waals surface area contributed by atoms with Gasteiger partial charge in [-0.15, -0.1) is 0 Å². The van der Waals surface area contributed by atoms with Crippen molar-refractivity contribution in [2.45, 2.75) is 0 Å². The molecular formula is C18H11N3O. The third-order valence-electron chi connectivity index (χ3n) is 3.79. The summed E-state index contributed by atoms with van der Waals surface area (Å²) in [7, 11) is 0. The highest BCUT2D eigenvalue weighted by Crippen LogP contribution is 2.26. The lowest BCUT2D eigenvalue weighted by Crippen LogP contribution is -2.21. The quantitative estimate of drug-likeness (QED) is 0.583. The smallest absolute Gasteiger partial charge is 0.273 e. The number of fused-ring (bicyclic) bond motifs is 3. The molecule has 0 fully saturated rings. The summed E-state index contributed by atoms with van der Waals surface area (Å²) in [6.07, 6.45) is 0. The molecule has 0 saturated heterocycles. The highest BCUT2D eigenvalue weighted by atomic mass is 16.1. The second kappa shape index (κ2) is 4.61. The van der Waals surface area contributed by atoms with E-state index in [2.05, 4.69) is 4.98 Å². The number of H-pyrrole nitrogens is 1. The molecule has 0 unspecified atom stereocenters. The van der Waals surface area contributed by atoms with Crippen LogP contribution in [-0.2, 0) is 0 Å². The maximum atomic E-state index is 12.7. The number of rotatable bonds is 1. The molecule has 4 aromatic rings. The van der Waals surface area contributed by atoms with Crippen molar-refractivity contribution in [3.63, 3.8) is 0 Å². The molecule has 2 heterocycles. The Kier molecular flexibility index (Phi) is 2.60. The Morgan fingerprint density at radius 2 is 1.68 bits per heavy atom. The van der Waals surface area contributed by atoms with Crippen molar-refractivity contribution in [2.24, 2.45) is 0 Å². The molecule has 0 aliphatic carbocycles. The van der Waals surface area contributed by atoms with E-state index in [1.165, 1.54) is 0 Å². The molecule has 0 bridgehead atoms. The molecule has 4 nitrogen and oxygen atoms in total. The van der Waals surface area contributed by atoms with Crippen LogP contribution < -0.4 is 5.56 Å². The summed E-state index contributed by atoms with van der Waals surface area (Å²) in [6.45, 7) is 0. The topological polar surface area (TPSA) is 61.6 Å². The molecule has 4 heteroatoms. The summed E-state index contributed by atoms with van der Waals surface area (Å²) in [4.78, 5) is 16.0. The standard InChI is InChI=1S/C18H11N3O/c19-11-12-10-16-17(14-8-4-5-9-15(14)20-16)21(18(12)22)13-6-2-1-3-7-13/h1-10,20H. The molecule has 0 aliphatic heterocycles. The number of aromatic nitrogens is 2. The minimum Gasteiger partial charge on any atom is -0.353 e. The molecule has 0 atom stereocenters. The summed E-state index contributed by atoms with van der Waals surface area (Å²) >= 11 is 0. The lowest BCUT2D eigenvalue weighted by Gasteiger charge is -2.08. The second-order valence-corrected chi connectivity index (χ2v) is 5.08. The van der Waals surface area contributed by atoms with Crippen LogP contribution in [0.1, 0.15) is 5.56 Å². The van der Waals surface area contributed by atoms with Crippen LogP contribution in [0.5, 0.6) is 0 Å². The highest BCUT2D eigenvalue weighted by molar-refractivity contribution is 6.06. The van der Waals surface area contributed by atoms with Gasteiger partial charge < -0.3 is 4.98 Å². The van der Waals surface area contributed by atoms with Crippen molar-refractivity contribution in [2.75, 3.05) is 0 Å². The number of para-hydroxylation sites is 2. The van der Waals surface area contributed by atoms with Crippen LogP contribution in [0.3, 0.4) is 0 Å². The number of nitrogens with zero attached hydrogens (tertiary/aromatic N) is 2. The lowest BCUT2D eigenvalue weighted by atomic mass is 10.2. The molecular weight excluding hydrogens is 274 g/mol. The monoisotopic (exact) mass is 285 g/mol. The van der Waals surface area contributed by atoms with Crippen LogP contribution >= 0.6 is 0 Å². The van der Waals surface area contributed by atoms with Gasteiger partial charge in [0.25, 0.3) is 5.56 Å². The minimum atomic E-state index is -0.300. The Labute approximate surface area is 125 Å². The average Bonchev–Trinajstić information content (AvgIpc) is 2.93. The first-order valence-electron chi connectivity index (χ1n) is 6.91. The molecule has 0 saturated carbocycles. The number of aromatic amines is 1. The lowest BCUT2D eigenvalue weighted by molar-refractivity contribution is 1.04. The van der Waals surface area contributed by atoms with Crippen molar-refractivity contribution in [1.29, 1.82) is 5.26 Å². The summed E-state index contributed by atoms with van der Waals surface area (Å²) in [5, 5.41) is 10.2. The van der Waals surface area contributed by atoms with Crippen LogP contribution in [0, 0.1) is 11.3 Å². The fourth-order valence-corrected chi connectivity index (χ4v) is 2.82. The summed E-state index contributed by atoms with van der Waals surface area (Å²) < 4.78 is 1.60. The Morgan fingerprint density at radius 1 is 0.955 bits per heavy atom. The van der Waals surface area contributed by atoms with E-state index in [9.17, 15) is 10.1 Å². The van der Waals surface area contributed by atoms with Crippen LogP contribution in [0.15, 0.2) is 65.5 Å². The summed E-state index contributed by atoms with van der Waals surface area (Å²) in [5.74, 6) is 0. The van der Waals surface area contributed by atoms with Crippen LogP contribution in [-0.4, -0.2) is 9.55 Å². The first-order valence-corrected chi connectivity index (χ1v) is 6.91. The van der Waals surface area contributed by atoms with Gasteiger partial charge in [0.05, 0.1) is 11.0 Å². The van der Waals surface area contributed by atoms with E-state index in [1.807, 2.05) is 60.7 Å². The van der Waals surface area contributed by atoms with Gasteiger partial charge in [-0.3, -0.25) is 9.36 Å². The number of hydrogen-bond acceptors (Lipinski definition) is 2. The first kappa shape index (κ1) is 12.4. The molecule has 0 radical (unpaired) electrons. The van der Waals surface area contributed by atoms with Gasteiger partial charge in [0.15, 0.2) is 0 Å². The molecule has 0 spiro atoms. The van der Waals surface area contributed by atoms with Gasteiger partial charge >= 0.3 is 0 Å². The van der Waals surface area contributed by atoms with Gasteiger partial charge in [0, 0.05) is 16.6 Å². The van der Waals surface area contributed by atoms with Gasteiger partial charge in [-0.25, -0.2) is 0 Å². The Balaban J connectivity index is 2.28. The number of hydrogen-bond donors (Lipinski definition) is 1. The van der Waals surface area contributed by atoms with Crippen molar-refractivity contribution in [1.82, 2.24) is 9.55 Å². The number of nitrogens with one attached hydrogen (secondary N) is 1. The van der Waals surface area contributed by atoms with Crippen LogP contribution in [0.2, 0.25) is 0 Å². The molecule has 2 aromatic heterocycles. The summed E-state index contributed by atoms with van der Waals surface area (Å²) in [5.41, 5.74) is 3.09. The first-order chi connectivity index (χ1) is 10.8. The van der Waals surface area contributed by atoms with E-state index >= 15 is 0 Å². The van der Waals surface area contributed by atoms with E-state index in [1.54, 1.807) is 10.6 Å². The van der Waals surface area contributed by atoms with Gasteiger partial charge in [-0.1, -0.05) is 36.4 Å². The second-order valence-electron chi connectivity index (χ2n) is 5.08. The molecule has 2 aromatic carbocycles. The zero-order valence-corrected chi connectivity index (χ0v) is 11.6. The van der Waals surface area contributed by atoms with E-state index in [-0.39, 0.29) is 11.1 Å². The van der Waals surface area contributed by atoms with Crippen LogP contribution in [0.4, 0.5) is 0 Å². The predicted octanol–water partition coefficient (Wildman–Crippen LogP) is 3.34. The molecule has 0 amide bonds. The van der Waals surface area contributed by atoms with Crippen molar-refractivity contribution in [3.05, 3.63) is 76.6 Å². The number of nitriles is 1. The Morgan fingerprint density at radius 3 is 2.45 bits per heavy atom. The zero-order valence-electron chi connectivity index (χ0n) is 11.6. The third-order valence-corrected chi connectivity index (χ3v) is 3.79. The van der Waals surface area contributed by atoms with Gasteiger partial charge in [-0.2, -0.15) is 5.26 Å². The molecule has 1 N–H and O–H groups in total. The number of benzene rings is 2. The van der Waals surface area contributed by atoms with Gasteiger partial charge in [-0.05, 0) is 24.3 Å². The van der Waals surface area contributed by atoms with E-state index in [0.717, 1.165) is 27.6 Å². The Hall–Kier alpha value is -3.32. The van der Waals surface area contributed by atoms with E-state index in [0.29, 0.717) is 0 Å². The zero-order chi connectivity index (χ0) is 15.1. The minimum absolute atomic E-state index is 0.128. The maximum absolute atomic E-state index is 12.7. The predicted molar refractivity (Wildman–Crippen MR) is 86.1 cm³/mol. The third kappa shape index (κ3) is 1.66. The van der Waals surface area contributed by atoms with Gasteiger partial charge in [0.1, 0.15) is 11.6 Å². The van der Waals surface area contributed by atoms with Crippen LogP contribution in [0.25, 0.3) is 27.6 Å². The maximum Gasteiger partial charge on any atom is 0.273 e. The van der Waals surface area contributed by atoms with Crippen molar-refractivity contribution >= 4 is 21.9 Å². The van der Waals surface area contributed by atoms with E-state index < -0.39 is 0 Å². The van der Waals surface area contributed by atoms with Crippen molar-refractivity contribution < 1.29 is 0 Å². The molecule has 104 valence electrons. The van der Waals surface area contributed by atoms with E-state index in [4.69, 9.17) is 0 Å². The average molecular weight is 285 g/mol. The largest absolute Gasteiger partial charge is 0.353 e. The normalized spacial score (nSPS) is 10.9. The SMILES string of the molecule is N#Cc1cc2[nH]c3ccccc3c2n(-c2ccccc2)c1=O. The fraction of sp³-hybridized carbons (Fsp3) is 0. The summed E-state index contributed by atoms with van der Waals surface area (Å²) in [6, 6.07) is 20.8. The molecule has 0 aliphatic rings. The molecule has 4 rings (SSSR count). The molecule has 22 heavy (non-hydrogen) atoms. The Bertz CT molecular complexity index is 1100. The van der Waals surface area contributed by atoms with Gasteiger partial charge in [0.2, 0.25) is 0 Å². The fourth-order valence-electron chi connectivity index (χ4n) is 2.82. The highest BCUT2D eigenvalue weighted by Gasteiger charge is 2.14. The van der Waals surface area contributed by atoms with Crippen molar-refractivity contribution in [3.8, 4) is 11.8 Å².